The maximum atomic E-state index is 12.7. The molecule has 25 heavy (non-hydrogen) atoms. The van der Waals surface area contributed by atoms with Gasteiger partial charge in [0, 0.05) is 13.6 Å². The average molecular weight is 363 g/mol. The minimum absolute atomic E-state index is 0.110. The topological polar surface area (TPSA) is 71.5 Å². The number of unbranched alkanes of at least 4 members (excludes halogenated alkanes) is 1. The van der Waals surface area contributed by atoms with Gasteiger partial charge in [0.15, 0.2) is 0 Å². The van der Waals surface area contributed by atoms with Gasteiger partial charge in [-0.15, -0.1) is 0 Å². The molecule has 1 heterocycles. The Balaban J connectivity index is 2.20. The molecule has 0 atom stereocenters. The third-order valence-corrected chi connectivity index (χ3v) is 5.25. The highest BCUT2D eigenvalue weighted by Crippen LogP contribution is 2.27. The Morgan fingerprint density at radius 3 is 2.60 bits per heavy atom. The van der Waals surface area contributed by atoms with Crippen LogP contribution in [0.5, 0.6) is 5.75 Å². The van der Waals surface area contributed by atoms with Crippen LogP contribution in [0.3, 0.4) is 0 Å². The van der Waals surface area contributed by atoms with Crippen molar-refractivity contribution in [2.75, 3.05) is 30.3 Å². The van der Waals surface area contributed by atoms with E-state index in [-0.39, 0.29) is 4.90 Å². The molecule has 0 bridgehead atoms. The van der Waals surface area contributed by atoms with Gasteiger partial charge in [-0.2, -0.15) is 0 Å². The van der Waals surface area contributed by atoms with Crippen LogP contribution in [0.1, 0.15) is 25.3 Å². The lowest BCUT2D eigenvalue weighted by atomic mass is 10.2. The molecule has 0 saturated heterocycles. The summed E-state index contributed by atoms with van der Waals surface area (Å²) >= 11 is 0. The molecule has 0 saturated carbocycles. The number of nitrogens with one attached hydrogen (secondary N) is 1. The van der Waals surface area contributed by atoms with Crippen molar-refractivity contribution < 1.29 is 13.2 Å². The number of anilines is 2. The van der Waals surface area contributed by atoms with E-state index < -0.39 is 10.0 Å². The van der Waals surface area contributed by atoms with Crippen molar-refractivity contribution in [3.8, 4) is 5.75 Å². The molecule has 0 fully saturated rings. The van der Waals surface area contributed by atoms with E-state index >= 15 is 0 Å². The number of sulfonamides is 1. The van der Waals surface area contributed by atoms with E-state index in [4.69, 9.17) is 4.74 Å². The molecule has 0 unspecified atom stereocenters. The van der Waals surface area contributed by atoms with Crippen LogP contribution >= 0.6 is 0 Å². The van der Waals surface area contributed by atoms with Gasteiger partial charge in [-0.05, 0) is 43.2 Å². The Bertz CT molecular complexity index is 805. The van der Waals surface area contributed by atoms with Gasteiger partial charge in [0.05, 0.1) is 19.0 Å². The van der Waals surface area contributed by atoms with Crippen LogP contribution in [0.4, 0.5) is 11.5 Å². The Morgan fingerprint density at radius 2 is 2.00 bits per heavy atom. The number of aryl methyl sites for hydroxylation is 1. The van der Waals surface area contributed by atoms with Gasteiger partial charge in [-0.3, -0.25) is 4.72 Å². The second kappa shape index (κ2) is 8.20. The number of rotatable bonds is 8. The van der Waals surface area contributed by atoms with Crippen molar-refractivity contribution in [2.45, 2.75) is 31.6 Å². The van der Waals surface area contributed by atoms with E-state index in [9.17, 15) is 8.42 Å². The molecule has 1 aromatic heterocycles. The summed E-state index contributed by atoms with van der Waals surface area (Å²) in [4.78, 5) is 6.49. The maximum absolute atomic E-state index is 12.7. The molecule has 0 spiro atoms. The zero-order valence-corrected chi connectivity index (χ0v) is 15.9. The fourth-order valence-electron chi connectivity index (χ4n) is 2.39. The number of nitrogens with zero attached hydrogens (tertiary/aromatic N) is 2. The van der Waals surface area contributed by atoms with E-state index in [0.29, 0.717) is 11.4 Å². The standard InChI is InChI=1S/C18H25N3O3S/c1-5-6-11-21(3)18-10-8-15(13-19-18)20-25(22,23)17-12-14(2)7-9-16(17)24-4/h7-10,12-13,20H,5-6,11H2,1-4H3. The van der Waals surface area contributed by atoms with Crippen molar-refractivity contribution in [3.63, 3.8) is 0 Å². The molecular weight excluding hydrogens is 338 g/mol. The third kappa shape index (κ3) is 4.85. The van der Waals surface area contributed by atoms with E-state index in [1.165, 1.54) is 13.3 Å². The Kier molecular flexibility index (Phi) is 6.25. The van der Waals surface area contributed by atoms with Gasteiger partial charge in [-0.25, -0.2) is 13.4 Å². The van der Waals surface area contributed by atoms with Crippen molar-refractivity contribution in [3.05, 3.63) is 42.1 Å². The van der Waals surface area contributed by atoms with Gasteiger partial charge in [-0.1, -0.05) is 19.4 Å². The summed E-state index contributed by atoms with van der Waals surface area (Å²) < 4.78 is 33.1. The summed E-state index contributed by atoms with van der Waals surface area (Å²) in [6.45, 7) is 4.88. The lowest BCUT2D eigenvalue weighted by Crippen LogP contribution is -2.19. The predicted octanol–water partition coefficient (Wildman–Crippen LogP) is 3.44. The molecule has 2 aromatic rings. The summed E-state index contributed by atoms with van der Waals surface area (Å²) in [5.41, 5.74) is 1.25. The first-order valence-corrected chi connectivity index (χ1v) is 9.70. The van der Waals surface area contributed by atoms with Crippen LogP contribution in [0.25, 0.3) is 0 Å². The van der Waals surface area contributed by atoms with Crippen LogP contribution in [-0.2, 0) is 10.0 Å². The van der Waals surface area contributed by atoms with Crippen LogP contribution in [0.15, 0.2) is 41.4 Å². The number of hydrogen-bond acceptors (Lipinski definition) is 5. The highest BCUT2D eigenvalue weighted by atomic mass is 32.2. The summed E-state index contributed by atoms with van der Waals surface area (Å²) in [5, 5.41) is 0. The minimum atomic E-state index is -3.75. The smallest absolute Gasteiger partial charge is 0.265 e. The van der Waals surface area contributed by atoms with Crippen molar-refractivity contribution in [2.24, 2.45) is 0 Å². The molecule has 1 aromatic carbocycles. The van der Waals surface area contributed by atoms with Gasteiger partial charge in [0.1, 0.15) is 16.5 Å². The SMILES string of the molecule is CCCCN(C)c1ccc(NS(=O)(=O)c2cc(C)ccc2OC)cn1. The molecule has 7 heteroatoms. The fourth-order valence-corrected chi connectivity index (χ4v) is 3.68. The maximum Gasteiger partial charge on any atom is 0.265 e. The molecule has 0 radical (unpaired) electrons. The number of pyridine rings is 1. The highest BCUT2D eigenvalue weighted by Gasteiger charge is 2.20. The molecule has 0 aliphatic heterocycles. The first-order valence-electron chi connectivity index (χ1n) is 8.22. The molecule has 1 N–H and O–H groups in total. The zero-order valence-electron chi connectivity index (χ0n) is 15.1. The number of aromatic nitrogens is 1. The summed E-state index contributed by atoms with van der Waals surface area (Å²) in [7, 11) is -0.332. The van der Waals surface area contributed by atoms with E-state index in [2.05, 4.69) is 16.6 Å². The fraction of sp³-hybridized carbons (Fsp3) is 0.389. The van der Waals surface area contributed by atoms with Crippen LogP contribution < -0.4 is 14.4 Å². The van der Waals surface area contributed by atoms with Crippen LogP contribution in [0.2, 0.25) is 0 Å². The largest absolute Gasteiger partial charge is 0.495 e. The number of hydrogen-bond donors (Lipinski definition) is 1. The van der Waals surface area contributed by atoms with Crippen molar-refractivity contribution in [1.29, 1.82) is 0 Å². The summed E-state index contributed by atoms with van der Waals surface area (Å²) in [5.74, 6) is 1.12. The number of ether oxygens (including phenoxy) is 1. The zero-order chi connectivity index (χ0) is 18.4. The van der Waals surface area contributed by atoms with Gasteiger partial charge in [0.2, 0.25) is 0 Å². The second-order valence-electron chi connectivity index (χ2n) is 5.94. The van der Waals surface area contributed by atoms with Crippen molar-refractivity contribution in [1.82, 2.24) is 4.98 Å². The lowest BCUT2D eigenvalue weighted by Gasteiger charge is -2.18. The molecule has 6 nitrogen and oxygen atoms in total. The number of methoxy groups -OCH3 is 1. The summed E-state index contributed by atoms with van der Waals surface area (Å²) in [6.07, 6.45) is 3.72. The van der Waals surface area contributed by atoms with Crippen LogP contribution in [-0.4, -0.2) is 34.1 Å². The van der Waals surface area contributed by atoms with E-state index in [1.54, 1.807) is 30.3 Å². The Morgan fingerprint density at radius 1 is 1.24 bits per heavy atom. The predicted molar refractivity (Wildman–Crippen MR) is 101 cm³/mol. The first kappa shape index (κ1) is 19.1. The highest BCUT2D eigenvalue weighted by molar-refractivity contribution is 7.92. The first-order chi connectivity index (χ1) is 11.9. The van der Waals surface area contributed by atoms with Gasteiger partial charge in [0.25, 0.3) is 10.0 Å². The van der Waals surface area contributed by atoms with E-state index in [1.807, 2.05) is 18.9 Å². The van der Waals surface area contributed by atoms with E-state index in [0.717, 1.165) is 30.8 Å². The molecule has 136 valence electrons. The molecule has 0 amide bonds. The Labute approximate surface area is 149 Å². The Hall–Kier alpha value is -2.28. The second-order valence-corrected chi connectivity index (χ2v) is 7.59. The molecule has 0 aliphatic rings. The molecule has 0 aliphatic carbocycles. The molecular formula is C18H25N3O3S. The lowest BCUT2D eigenvalue weighted by molar-refractivity contribution is 0.402. The number of benzene rings is 1. The van der Waals surface area contributed by atoms with Crippen molar-refractivity contribution >= 4 is 21.5 Å². The normalized spacial score (nSPS) is 11.2. The van der Waals surface area contributed by atoms with Crippen LogP contribution in [0, 0.1) is 6.92 Å². The monoisotopic (exact) mass is 363 g/mol. The quantitative estimate of drug-likeness (QED) is 0.778. The molecule has 2 rings (SSSR count). The van der Waals surface area contributed by atoms with Gasteiger partial charge < -0.3 is 9.64 Å². The van der Waals surface area contributed by atoms with Gasteiger partial charge >= 0.3 is 0 Å². The minimum Gasteiger partial charge on any atom is -0.495 e. The average Bonchev–Trinajstić information content (AvgIpc) is 2.60. The third-order valence-electron chi connectivity index (χ3n) is 3.85. The summed E-state index contributed by atoms with van der Waals surface area (Å²) in [6, 6.07) is 8.56.